The molecule has 1 atom stereocenters. The van der Waals surface area contributed by atoms with Crippen molar-refractivity contribution in [1.82, 2.24) is 20.4 Å². The fourth-order valence-electron chi connectivity index (χ4n) is 3.80. The summed E-state index contributed by atoms with van der Waals surface area (Å²) in [5.41, 5.74) is -2.63. The summed E-state index contributed by atoms with van der Waals surface area (Å²) in [6.45, 7) is 1.06. The van der Waals surface area contributed by atoms with Crippen molar-refractivity contribution in [3.63, 3.8) is 0 Å². The summed E-state index contributed by atoms with van der Waals surface area (Å²) in [7, 11) is -3.11. The van der Waals surface area contributed by atoms with Gasteiger partial charge in [-0.1, -0.05) is 6.07 Å². The number of benzene rings is 1. The molecule has 2 heterocycles. The average molecular weight is 532 g/mol. The molecule has 1 unspecified atom stereocenters. The van der Waals surface area contributed by atoms with Gasteiger partial charge in [-0.25, -0.2) is 8.99 Å². The van der Waals surface area contributed by atoms with Crippen LogP contribution in [0.25, 0.3) is 0 Å². The molecule has 14 heteroatoms. The first-order valence-electron chi connectivity index (χ1n) is 10.9. The average Bonchev–Trinajstić information content (AvgIpc) is 2.78. The maximum absolute atomic E-state index is 13.5. The van der Waals surface area contributed by atoms with Crippen LogP contribution in [-0.2, 0) is 21.3 Å². The lowest BCUT2D eigenvalue weighted by Gasteiger charge is -2.33. The smallest absolute Gasteiger partial charge is 0.417 e. The van der Waals surface area contributed by atoms with Gasteiger partial charge in [-0.3, -0.25) is 4.79 Å². The van der Waals surface area contributed by atoms with Crippen molar-refractivity contribution in [2.75, 3.05) is 11.6 Å². The molecule has 1 aromatic carbocycles. The number of hydrogen-bond acceptors (Lipinski definition) is 9. The Morgan fingerprint density at radius 1 is 1.19 bits per heavy atom. The quantitative estimate of drug-likeness (QED) is 0.467. The van der Waals surface area contributed by atoms with Crippen LogP contribution in [0.4, 0.5) is 18.9 Å². The van der Waals surface area contributed by atoms with E-state index in [1.165, 1.54) is 42.7 Å². The van der Waals surface area contributed by atoms with E-state index in [-0.39, 0.29) is 16.5 Å². The molecule has 0 aliphatic heterocycles. The van der Waals surface area contributed by atoms with Gasteiger partial charge >= 0.3 is 6.18 Å². The highest BCUT2D eigenvalue weighted by Crippen LogP contribution is 2.42. The predicted octanol–water partition coefficient (Wildman–Crippen LogP) is 4.62. The summed E-state index contributed by atoms with van der Waals surface area (Å²) in [6, 6.07) is 10.7. The van der Waals surface area contributed by atoms with Crippen molar-refractivity contribution in [2.45, 2.75) is 42.7 Å². The van der Waals surface area contributed by atoms with Gasteiger partial charge in [-0.05, 0) is 56.0 Å². The lowest BCUT2D eigenvalue weighted by molar-refractivity contribution is -0.142. The maximum Gasteiger partial charge on any atom is 0.435 e. The first kappa shape index (κ1) is 26.0. The number of hydrogen-bond donors (Lipinski definition) is 2. The Hall–Kier alpha value is -4.12. The van der Waals surface area contributed by atoms with E-state index < -0.39 is 49.9 Å². The van der Waals surface area contributed by atoms with Gasteiger partial charge in [0.2, 0.25) is 5.88 Å². The molecule has 0 spiro atoms. The molecule has 1 aliphatic rings. The van der Waals surface area contributed by atoms with Crippen LogP contribution in [0.2, 0.25) is 0 Å². The molecule has 1 saturated carbocycles. The van der Waals surface area contributed by atoms with E-state index in [1.807, 2.05) is 0 Å². The van der Waals surface area contributed by atoms with Crippen LogP contribution >= 0.6 is 0 Å². The fraction of sp³-hybridized carbons (Fsp3) is 0.304. The van der Waals surface area contributed by atoms with Gasteiger partial charge in [0, 0.05) is 22.9 Å². The summed E-state index contributed by atoms with van der Waals surface area (Å²) >= 11 is 0. The number of nitriles is 1. The van der Waals surface area contributed by atoms with Crippen LogP contribution in [0.15, 0.2) is 41.3 Å². The van der Waals surface area contributed by atoms with Crippen LogP contribution in [0.5, 0.6) is 11.8 Å². The molecule has 192 valence electrons. The Morgan fingerprint density at radius 2 is 1.92 bits per heavy atom. The van der Waals surface area contributed by atoms with Crippen molar-refractivity contribution in [2.24, 2.45) is 0 Å². The minimum Gasteiger partial charge on any atom is -0.417 e. The van der Waals surface area contributed by atoms with E-state index in [1.54, 1.807) is 0 Å². The molecule has 2 aromatic heterocycles. The number of nitrogens with zero attached hydrogens (tertiary/aromatic N) is 5. The zero-order chi connectivity index (χ0) is 27.0. The zero-order valence-electron chi connectivity index (χ0n) is 19.6. The molecule has 1 amide bonds. The molecule has 1 aliphatic carbocycles. The molecule has 0 radical (unpaired) electrons. The molecule has 3 aromatic rings. The van der Waals surface area contributed by atoms with E-state index in [0.29, 0.717) is 18.5 Å². The topological polar surface area (TPSA) is 155 Å². The van der Waals surface area contributed by atoms with Crippen LogP contribution in [0, 0.1) is 23.0 Å². The molecule has 0 bridgehead atoms. The number of carbonyl (C=O) groups excluding carboxylic acids is 1. The van der Waals surface area contributed by atoms with Gasteiger partial charge in [0.25, 0.3) is 11.8 Å². The molecular formula is C23H20F3N7O3S. The molecule has 10 nitrogen and oxygen atoms in total. The first-order valence-corrected chi connectivity index (χ1v) is 12.8. The number of anilines is 1. The van der Waals surface area contributed by atoms with Gasteiger partial charge < -0.3 is 10.1 Å². The van der Waals surface area contributed by atoms with Gasteiger partial charge in [-0.2, -0.15) is 23.5 Å². The minimum atomic E-state index is -4.89. The van der Waals surface area contributed by atoms with E-state index >= 15 is 0 Å². The number of halogens is 3. The van der Waals surface area contributed by atoms with Crippen molar-refractivity contribution in [3.8, 4) is 17.8 Å². The Bertz CT molecular complexity index is 1510. The molecule has 4 rings (SSSR count). The monoisotopic (exact) mass is 531 g/mol. The standard InChI is InChI=1S/C23H20F3N7O3S/c1-13-18(20(34)29-14-5-3-6-15(11-14)37(2,28)35)21(33-32-19(13)23(24,25)26)36-17-8-7-16(30-31-17)22(12-27)9-4-10-22/h3,5-8,11,28H,4,9-10H2,1-2H3,(H,29,34). The van der Waals surface area contributed by atoms with Crippen molar-refractivity contribution < 1.29 is 26.9 Å². The molecular weight excluding hydrogens is 511 g/mol. The number of alkyl halides is 3. The summed E-state index contributed by atoms with van der Waals surface area (Å²) in [4.78, 5) is 13.3. The first-order chi connectivity index (χ1) is 17.3. The second-order valence-corrected chi connectivity index (χ2v) is 10.7. The zero-order valence-corrected chi connectivity index (χ0v) is 20.4. The lowest BCUT2D eigenvalue weighted by atomic mass is 9.68. The third kappa shape index (κ3) is 5.21. The van der Waals surface area contributed by atoms with Gasteiger partial charge in [0.1, 0.15) is 11.0 Å². The van der Waals surface area contributed by atoms with Crippen molar-refractivity contribution >= 4 is 21.3 Å². The van der Waals surface area contributed by atoms with E-state index in [4.69, 9.17) is 9.52 Å². The Morgan fingerprint density at radius 3 is 2.46 bits per heavy atom. The highest BCUT2D eigenvalue weighted by Gasteiger charge is 2.41. The molecule has 2 N–H and O–H groups in total. The normalized spacial score (nSPS) is 16.1. The Labute approximate surface area is 209 Å². The van der Waals surface area contributed by atoms with Gasteiger partial charge in [0.15, 0.2) is 5.69 Å². The maximum atomic E-state index is 13.5. The SMILES string of the molecule is Cc1c(C(F)(F)F)nnc(Oc2ccc(C3(C#N)CCC3)nn2)c1C(=O)Nc1cccc(S(C)(=N)=O)c1. The minimum absolute atomic E-state index is 0.103. The lowest BCUT2D eigenvalue weighted by Crippen LogP contribution is -2.33. The van der Waals surface area contributed by atoms with Gasteiger partial charge in [-0.15, -0.1) is 15.3 Å². The van der Waals surface area contributed by atoms with Crippen LogP contribution in [0.1, 0.15) is 46.6 Å². The number of carbonyl (C=O) groups is 1. The number of nitrogens with one attached hydrogen (secondary N) is 2. The fourth-order valence-corrected chi connectivity index (χ4v) is 4.49. The van der Waals surface area contributed by atoms with Crippen molar-refractivity contribution in [1.29, 1.82) is 10.0 Å². The number of aromatic nitrogens is 4. The third-order valence-electron chi connectivity index (χ3n) is 5.97. The molecule has 1 fully saturated rings. The number of ether oxygens (including phenoxy) is 1. The summed E-state index contributed by atoms with van der Waals surface area (Å²) in [6.07, 6.45) is -1.53. The highest BCUT2D eigenvalue weighted by molar-refractivity contribution is 7.91. The summed E-state index contributed by atoms with van der Waals surface area (Å²) in [5.74, 6) is -1.71. The summed E-state index contributed by atoms with van der Waals surface area (Å²) in [5, 5.41) is 26.5. The molecule has 0 saturated heterocycles. The summed E-state index contributed by atoms with van der Waals surface area (Å²) < 4.78 is 65.8. The van der Waals surface area contributed by atoms with Crippen LogP contribution in [-0.4, -0.2) is 36.8 Å². The van der Waals surface area contributed by atoms with Crippen LogP contribution in [0.3, 0.4) is 0 Å². The second kappa shape index (κ2) is 9.40. The largest absolute Gasteiger partial charge is 0.435 e. The van der Waals surface area contributed by atoms with Gasteiger partial charge in [0.05, 0.1) is 21.5 Å². The van der Waals surface area contributed by atoms with Crippen molar-refractivity contribution in [3.05, 3.63) is 58.9 Å². The third-order valence-corrected chi connectivity index (χ3v) is 7.13. The predicted molar refractivity (Wildman–Crippen MR) is 124 cm³/mol. The number of amides is 1. The van der Waals surface area contributed by atoms with E-state index in [9.17, 15) is 27.4 Å². The van der Waals surface area contributed by atoms with E-state index in [2.05, 4.69) is 31.8 Å². The Kier molecular flexibility index (Phi) is 6.59. The molecule has 37 heavy (non-hydrogen) atoms. The number of rotatable bonds is 6. The van der Waals surface area contributed by atoms with Crippen LogP contribution < -0.4 is 10.1 Å². The van der Waals surface area contributed by atoms with E-state index in [0.717, 1.165) is 13.3 Å². The Balaban J connectivity index is 1.69. The highest BCUT2D eigenvalue weighted by atomic mass is 32.2. The second-order valence-electron chi connectivity index (χ2n) is 8.58.